The molecule has 0 aliphatic heterocycles. The second-order valence-corrected chi connectivity index (χ2v) is 9.09. The van der Waals surface area contributed by atoms with E-state index in [0.717, 1.165) is 25.7 Å². The van der Waals surface area contributed by atoms with Gasteiger partial charge in [0.2, 0.25) is 0 Å². The van der Waals surface area contributed by atoms with E-state index in [4.69, 9.17) is 0 Å². The molecule has 4 aliphatic carbocycles. The lowest BCUT2D eigenvalue weighted by Crippen LogP contribution is -2.59. The van der Waals surface area contributed by atoms with Crippen LogP contribution < -0.4 is 0 Å². The van der Waals surface area contributed by atoms with Crippen LogP contribution in [0.3, 0.4) is 0 Å². The first-order valence-corrected chi connectivity index (χ1v) is 9.31. The predicted octanol–water partition coefficient (Wildman–Crippen LogP) is 2.74. The summed E-state index contributed by atoms with van der Waals surface area (Å²) >= 11 is 0. The first-order chi connectivity index (χ1) is 11.2. The van der Waals surface area contributed by atoms with Crippen molar-refractivity contribution in [2.75, 3.05) is 0 Å². The Morgan fingerprint density at radius 2 is 2.00 bits per heavy atom. The smallest absolute Gasteiger partial charge is 0.156 e. The summed E-state index contributed by atoms with van der Waals surface area (Å²) in [6.07, 6.45) is 6.44. The van der Waals surface area contributed by atoms with Crippen LogP contribution in [-0.2, 0) is 4.79 Å². The number of fused-ring (bicyclic) bond motifs is 5. The fraction of sp³-hybridized carbons (Fsp3) is 0.800. The number of rotatable bonds is 0. The number of nitriles is 1. The monoisotopic (exact) mass is 329 g/mol. The standard InChI is InChI=1S/C20H27NO3/c1-18-7-5-13(22)9-12(18)3-4-14-15-6-8-20(24,11-21)19(15,2)10-16(23)17(14)18/h9,14-17,23-24H,3-8,10H2,1-2H3/t14-,15-,16+,17+,18+,19+,20-/m1/s1. The fourth-order valence-electron chi connectivity index (χ4n) is 6.88. The van der Waals surface area contributed by atoms with E-state index in [-0.39, 0.29) is 23.0 Å². The lowest BCUT2D eigenvalue weighted by Gasteiger charge is -2.60. The van der Waals surface area contributed by atoms with Crippen molar-refractivity contribution in [1.82, 2.24) is 0 Å². The van der Waals surface area contributed by atoms with E-state index in [1.165, 1.54) is 5.57 Å². The van der Waals surface area contributed by atoms with Gasteiger partial charge in [-0.15, -0.1) is 0 Å². The number of aliphatic hydroxyl groups is 2. The number of ketones is 1. The van der Waals surface area contributed by atoms with E-state index in [1.807, 2.05) is 13.0 Å². The number of aliphatic hydroxyl groups excluding tert-OH is 1. The summed E-state index contributed by atoms with van der Waals surface area (Å²) in [5, 5.41) is 31.5. The van der Waals surface area contributed by atoms with Crippen molar-refractivity contribution in [3.05, 3.63) is 11.6 Å². The van der Waals surface area contributed by atoms with Gasteiger partial charge >= 0.3 is 0 Å². The van der Waals surface area contributed by atoms with Gasteiger partial charge in [0.1, 0.15) is 0 Å². The van der Waals surface area contributed by atoms with E-state index < -0.39 is 17.1 Å². The van der Waals surface area contributed by atoms with E-state index in [0.29, 0.717) is 25.2 Å². The minimum atomic E-state index is -1.32. The van der Waals surface area contributed by atoms with E-state index in [2.05, 4.69) is 13.0 Å². The highest BCUT2D eigenvalue weighted by atomic mass is 16.3. The fourth-order valence-corrected chi connectivity index (χ4v) is 6.88. The highest BCUT2D eigenvalue weighted by Crippen LogP contribution is 2.67. The minimum absolute atomic E-state index is 0.106. The highest BCUT2D eigenvalue weighted by Gasteiger charge is 2.66. The molecule has 0 aromatic rings. The zero-order valence-corrected chi connectivity index (χ0v) is 14.6. The second kappa shape index (κ2) is 4.93. The van der Waals surface area contributed by atoms with Crippen LogP contribution in [0.4, 0.5) is 0 Å². The molecule has 3 saturated carbocycles. The first-order valence-electron chi connectivity index (χ1n) is 9.31. The summed E-state index contributed by atoms with van der Waals surface area (Å²) in [5.41, 5.74) is -0.727. The molecule has 0 aromatic heterocycles. The third kappa shape index (κ3) is 1.83. The average Bonchev–Trinajstić information content (AvgIpc) is 2.79. The van der Waals surface area contributed by atoms with Crippen LogP contribution in [-0.4, -0.2) is 27.7 Å². The normalized spacial score (nSPS) is 53.5. The molecular formula is C20H27NO3. The SMILES string of the molecule is C[C@]12CCC(=O)C=C1CC[C@H]1[C@H]2[C@@H](O)C[C@@]2(C)[C@@H]1CC[C@@]2(O)C#N. The van der Waals surface area contributed by atoms with Crippen LogP contribution in [0.2, 0.25) is 0 Å². The topological polar surface area (TPSA) is 81.3 Å². The molecule has 24 heavy (non-hydrogen) atoms. The average molecular weight is 329 g/mol. The van der Waals surface area contributed by atoms with E-state index in [9.17, 15) is 20.3 Å². The van der Waals surface area contributed by atoms with E-state index in [1.54, 1.807) is 0 Å². The lowest BCUT2D eigenvalue weighted by atomic mass is 9.45. The molecule has 0 unspecified atom stereocenters. The van der Waals surface area contributed by atoms with Crippen molar-refractivity contribution in [3.63, 3.8) is 0 Å². The van der Waals surface area contributed by atoms with Crippen molar-refractivity contribution in [1.29, 1.82) is 5.26 Å². The van der Waals surface area contributed by atoms with Crippen molar-refractivity contribution >= 4 is 5.78 Å². The van der Waals surface area contributed by atoms with E-state index >= 15 is 0 Å². The van der Waals surface area contributed by atoms with Crippen molar-refractivity contribution < 1.29 is 15.0 Å². The molecule has 0 amide bonds. The lowest BCUT2D eigenvalue weighted by molar-refractivity contribution is -0.156. The molecule has 0 bridgehead atoms. The summed E-state index contributed by atoms with van der Waals surface area (Å²) in [7, 11) is 0. The quantitative estimate of drug-likeness (QED) is 0.670. The third-order valence-corrected chi connectivity index (χ3v) is 8.23. The van der Waals surface area contributed by atoms with Gasteiger partial charge in [0.15, 0.2) is 11.4 Å². The molecule has 0 aromatic carbocycles. The van der Waals surface area contributed by atoms with Crippen LogP contribution in [0.1, 0.15) is 58.8 Å². The van der Waals surface area contributed by atoms with Crippen molar-refractivity contribution in [2.24, 2.45) is 28.6 Å². The summed E-state index contributed by atoms with van der Waals surface area (Å²) in [6, 6.07) is 2.16. The maximum atomic E-state index is 11.9. The van der Waals surface area contributed by atoms with Gasteiger partial charge in [-0.05, 0) is 67.8 Å². The van der Waals surface area contributed by atoms with Crippen LogP contribution >= 0.6 is 0 Å². The summed E-state index contributed by atoms with van der Waals surface area (Å²) in [5.74, 6) is 0.975. The van der Waals surface area contributed by atoms with Crippen molar-refractivity contribution in [2.45, 2.75) is 70.5 Å². The molecule has 0 radical (unpaired) electrons. The van der Waals surface area contributed by atoms with Gasteiger partial charge in [-0.25, -0.2) is 0 Å². The summed E-state index contributed by atoms with van der Waals surface area (Å²) < 4.78 is 0. The maximum Gasteiger partial charge on any atom is 0.156 e. The molecule has 4 nitrogen and oxygen atoms in total. The molecule has 0 spiro atoms. The van der Waals surface area contributed by atoms with Gasteiger partial charge in [0, 0.05) is 11.8 Å². The molecule has 3 fully saturated rings. The molecule has 7 atom stereocenters. The van der Waals surface area contributed by atoms with Crippen LogP contribution in [0, 0.1) is 39.9 Å². The maximum absolute atomic E-state index is 11.9. The second-order valence-electron chi connectivity index (χ2n) is 9.09. The Balaban J connectivity index is 1.76. The molecule has 4 rings (SSSR count). The number of hydrogen-bond acceptors (Lipinski definition) is 4. The molecule has 130 valence electrons. The molecule has 0 saturated heterocycles. The highest BCUT2D eigenvalue weighted by molar-refractivity contribution is 5.91. The Morgan fingerprint density at radius 3 is 2.71 bits per heavy atom. The Hall–Kier alpha value is -1.18. The van der Waals surface area contributed by atoms with Gasteiger partial charge < -0.3 is 10.2 Å². The zero-order valence-electron chi connectivity index (χ0n) is 14.6. The third-order valence-electron chi connectivity index (χ3n) is 8.23. The molecule has 4 heteroatoms. The molecule has 0 heterocycles. The predicted molar refractivity (Wildman–Crippen MR) is 88.7 cm³/mol. The van der Waals surface area contributed by atoms with Gasteiger partial charge in [0.05, 0.1) is 12.2 Å². The van der Waals surface area contributed by atoms with Crippen LogP contribution in [0.15, 0.2) is 11.6 Å². The largest absolute Gasteiger partial charge is 0.393 e. The zero-order chi connectivity index (χ0) is 17.3. The molecular weight excluding hydrogens is 302 g/mol. The first kappa shape index (κ1) is 16.3. The van der Waals surface area contributed by atoms with Gasteiger partial charge in [-0.1, -0.05) is 19.4 Å². The Kier molecular flexibility index (Phi) is 3.34. The number of allylic oxidation sites excluding steroid dienone is 1. The van der Waals surface area contributed by atoms with Gasteiger partial charge in [-0.2, -0.15) is 5.26 Å². The minimum Gasteiger partial charge on any atom is -0.393 e. The van der Waals surface area contributed by atoms with Crippen LogP contribution in [0.5, 0.6) is 0 Å². The number of carbonyl (C=O) groups is 1. The molecule has 4 aliphatic rings. The van der Waals surface area contributed by atoms with Gasteiger partial charge in [-0.3, -0.25) is 4.79 Å². The van der Waals surface area contributed by atoms with Crippen LogP contribution in [0.25, 0.3) is 0 Å². The summed E-state index contributed by atoms with van der Waals surface area (Å²) in [6.45, 7) is 4.23. The summed E-state index contributed by atoms with van der Waals surface area (Å²) in [4.78, 5) is 11.9. The number of nitrogens with zero attached hydrogens (tertiary/aromatic N) is 1. The van der Waals surface area contributed by atoms with Crippen molar-refractivity contribution in [3.8, 4) is 6.07 Å². The number of hydrogen-bond donors (Lipinski definition) is 2. The van der Waals surface area contributed by atoms with Gasteiger partial charge in [0.25, 0.3) is 0 Å². The Bertz CT molecular complexity index is 664. The number of carbonyl (C=O) groups excluding carboxylic acids is 1. The molecule has 2 N–H and O–H groups in total. The Labute approximate surface area is 143 Å². The Morgan fingerprint density at radius 1 is 1.25 bits per heavy atom.